The maximum absolute atomic E-state index is 13.9. The number of hydrogen-bond donors (Lipinski definition) is 0. The molecule has 3 aliphatic rings. The van der Waals surface area contributed by atoms with Gasteiger partial charge in [0.1, 0.15) is 12.4 Å². The zero-order valence-corrected chi connectivity index (χ0v) is 31.5. The summed E-state index contributed by atoms with van der Waals surface area (Å²) in [7, 11) is 0. The van der Waals surface area contributed by atoms with Crippen molar-refractivity contribution in [3.8, 4) is 17.0 Å². The van der Waals surface area contributed by atoms with E-state index in [-0.39, 0.29) is 46.8 Å². The Morgan fingerprint density at radius 1 is 0.943 bits per heavy atom. The van der Waals surface area contributed by atoms with E-state index in [0.29, 0.717) is 60.8 Å². The highest BCUT2D eigenvalue weighted by Crippen LogP contribution is 2.56. The van der Waals surface area contributed by atoms with Gasteiger partial charge in [-0.1, -0.05) is 65.7 Å². The van der Waals surface area contributed by atoms with Crippen LogP contribution in [0.25, 0.3) is 22.2 Å². The predicted octanol–water partition coefficient (Wildman–Crippen LogP) is 9.33. The van der Waals surface area contributed by atoms with E-state index in [4.69, 9.17) is 26.1 Å². The van der Waals surface area contributed by atoms with E-state index < -0.39 is 12.1 Å². The second-order valence-corrected chi connectivity index (χ2v) is 15.2. The number of Topliss-reactive ketones (excluding diaryl/α,β-unsaturated/α-hetero) is 1. The number of esters is 1. The minimum atomic E-state index is -1.09. The molecule has 1 aromatic heterocycles. The highest BCUT2D eigenvalue weighted by atomic mass is 79.9. The van der Waals surface area contributed by atoms with Crippen molar-refractivity contribution < 1.29 is 28.7 Å². The minimum Gasteiger partial charge on any atom is -0.489 e. The number of ether oxygens (including phenoxy) is 2. The molecule has 0 radical (unpaired) electrons. The maximum Gasteiger partial charge on any atom is 0.339 e. The summed E-state index contributed by atoms with van der Waals surface area (Å²) in [6.45, 7) is 5.80. The lowest BCUT2D eigenvalue weighted by molar-refractivity contribution is -0.123. The van der Waals surface area contributed by atoms with Crippen molar-refractivity contribution in [2.24, 2.45) is 23.7 Å². The van der Waals surface area contributed by atoms with E-state index >= 15 is 0 Å². The third-order valence-corrected chi connectivity index (χ3v) is 12.1. The van der Waals surface area contributed by atoms with Gasteiger partial charge in [-0.3, -0.25) is 19.3 Å². The monoisotopic (exact) mass is 788 g/mol. The average molecular weight is 790 g/mol. The van der Waals surface area contributed by atoms with Gasteiger partial charge in [-0.25, -0.2) is 9.78 Å². The summed E-state index contributed by atoms with van der Waals surface area (Å²) in [5.74, 6) is -1.11. The Hall–Kier alpha value is -5.12. The van der Waals surface area contributed by atoms with Crippen molar-refractivity contribution in [3.05, 3.63) is 134 Å². The molecule has 2 fully saturated rings. The third kappa shape index (κ3) is 6.15. The molecule has 2 amide bonds. The first kappa shape index (κ1) is 34.9. The number of anilines is 1. The number of imide groups is 1. The maximum atomic E-state index is 13.9. The molecule has 5 aromatic rings. The average Bonchev–Trinajstić information content (AvgIpc) is 3.82. The van der Waals surface area contributed by atoms with Crippen LogP contribution in [-0.2, 0) is 20.9 Å². The van der Waals surface area contributed by atoms with Gasteiger partial charge in [-0.2, -0.15) is 0 Å². The molecule has 1 saturated carbocycles. The number of allylic oxidation sites excluding steroid dienone is 2. The van der Waals surface area contributed by atoms with Gasteiger partial charge >= 0.3 is 5.97 Å². The van der Waals surface area contributed by atoms with Crippen LogP contribution in [-0.4, -0.2) is 34.7 Å². The summed E-state index contributed by atoms with van der Waals surface area (Å²) < 4.78 is 12.2. The Bertz CT molecular complexity index is 2360. The number of pyridine rings is 1. The van der Waals surface area contributed by atoms with Gasteiger partial charge in [0.25, 0.3) is 0 Å². The zero-order chi connectivity index (χ0) is 37.1. The zero-order valence-electron chi connectivity index (χ0n) is 29.1. The number of benzene rings is 4. The Morgan fingerprint density at radius 2 is 1.64 bits per heavy atom. The van der Waals surface area contributed by atoms with Crippen LogP contribution in [0.4, 0.5) is 5.69 Å². The van der Waals surface area contributed by atoms with E-state index in [9.17, 15) is 19.2 Å². The second-order valence-electron chi connectivity index (χ2n) is 14.0. The van der Waals surface area contributed by atoms with Crippen LogP contribution in [0.2, 0.25) is 5.02 Å². The lowest BCUT2D eigenvalue weighted by Gasteiger charge is -2.19. The molecular weight excluding hydrogens is 756 g/mol. The van der Waals surface area contributed by atoms with Crippen LogP contribution in [0.15, 0.2) is 107 Å². The van der Waals surface area contributed by atoms with E-state index in [1.165, 1.54) is 10.5 Å². The SMILES string of the molecule is CC1=CC2CC1C1C(=O)N(c3ccc(-c4cc(C(=O)OC(C)C(=O)c5ccc(OCc6ccccc6)cc5)c5cc(Br)c(Cl)c(C)c5n4)cc3)C(=O)C21. The number of aryl methyl sites for hydroxylation is 1. The van der Waals surface area contributed by atoms with Crippen LogP contribution >= 0.6 is 27.5 Å². The molecule has 4 aromatic carbocycles. The Morgan fingerprint density at radius 3 is 2.36 bits per heavy atom. The first-order valence-electron chi connectivity index (χ1n) is 17.5. The highest BCUT2D eigenvalue weighted by molar-refractivity contribution is 9.10. The summed E-state index contributed by atoms with van der Waals surface area (Å²) in [6, 6.07) is 26.9. The molecule has 2 heterocycles. The van der Waals surface area contributed by atoms with Gasteiger partial charge in [-0.15, -0.1) is 0 Å². The predicted molar refractivity (Wildman–Crippen MR) is 206 cm³/mol. The number of ketones is 1. The summed E-state index contributed by atoms with van der Waals surface area (Å²) >= 11 is 10.1. The fourth-order valence-corrected chi connectivity index (χ4v) is 8.73. The number of nitrogens with zero attached hydrogens (tertiary/aromatic N) is 2. The van der Waals surface area contributed by atoms with Gasteiger partial charge in [-0.05, 0) is 115 Å². The van der Waals surface area contributed by atoms with Crippen LogP contribution in [0, 0.1) is 30.6 Å². The summed E-state index contributed by atoms with van der Waals surface area (Å²) in [5, 5.41) is 0.953. The number of carbonyl (C=O) groups is 4. The van der Waals surface area contributed by atoms with Crippen molar-refractivity contribution in [1.29, 1.82) is 0 Å². The summed E-state index contributed by atoms with van der Waals surface area (Å²) in [5.41, 5.74) is 5.56. The van der Waals surface area contributed by atoms with Gasteiger partial charge in [0.05, 0.1) is 39.3 Å². The minimum absolute atomic E-state index is 0.115. The quantitative estimate of drug-likeness (QED) is 0.0635. The molecule has 2 bridgehead atoms. The van der Waals surface area contributed by atoms with Gasteiger partial charge in [0.15, 0.2) is 6.10 Å². The molecule has 5 atom stereocenters. The van der Waals surface area contributed by atoms with Crippen LogP contribution in [0.3, 0.4) is 0 Å². The van der Waals surface area contributed by atoms with E-state index in [2.05, 4.69) is 22.0 Å². The molecule has 0 spiro atoms. The molecule has 8 rings (SSSR count). The highest BCUT2D eigenvalue weighted by Gasteiger charge is 2.60. The molecule has 8 nitrogen and oxygen atoms in total. The van der Waals surface area contributed by atoms with Crippen molar-refractivity contribution in [3.63, 3.8) is 0 Å². The van der Waals surface area contributed by atoms with Crippen molar-refractivity contribution in [2.75, 3.05) is 4.90 Å². The fraction of sp³-hybridized carbons (Fsp3) is 0.233. The Balaban J connectivity index is 1.04. The second kappa shape index (κ2) is 13.7. The molecule has 10 heteroatoms. The number of fused-ring (bicyclic) bond motifs is 6. The largest absolute Gasteiger partial charge is 0.489 e. The van der Waals surface area contributed by atoms with E-state index in [1.54, 1.807) is 67.6 Å². The van der Waals surface area contributed by atoms with E-state index in [1.807, 2.05) is 44.2 Å². The van der Waals surface area contributed by atoms with Gasteiger partial charge in [0.2, 0.25) is 17.6 Å². The normalized spacial score (nSPS) is 20.8. The number of halogens is 2. The number of hydrogen-bond acceptors (Lipinski definition) is 7. The third-order valence-electron chi connectivity index (χ3n) is 10.8. The summed E-state index contributed by atoms with van der Waals surface area (Å²) in [6.07, 6.45) is 1.93. The number of amides is 2. The number of carbonyl (C=O) groups excluding carboxylic acids is 4. The molecule has 266 valence electrons. The summed E-state index contributed by atoms with van der Waals surface area (Å²) in [4.78, 5) is 60.5. The fourth-order valence-electron chi connectivity index (χ4n) is 8.06. The number of aromatic nitrogens is 1. The van der Waals surface area contributed by atoms with Crippen molar-refractivity contribution >= 4 is 67.7 Å². The molecule has 1 aliphatic heterocycles. The Kier molecular flexibility index (Phi) is 9.03. The van der Waals surface area contributed by atoms with Crippen LogP contribution < -0.4 is 9.64 Å². The van der Waals surface area contributed by atoms with Crippen LogP contribution in [0.5, 0.6) is 5.75 Å². The Labute approximate surface area is 319 Å². The lowest BCUT2D eigenvalue weighted by atomic mass is 9.82. The first-order chi connectivity index (χ1) is 25.5. The molecule has 2 aliphatic carbocycles. The van der Waals surface area contributed by atoms with E-state index in [0.717, 1.165) is 12.0 Å². The van der Waals surface area contributed by atoms with Crippen molar-refractivity contribution in [2.45, 2.75) is 39.9 Å². The lowest BCUT2D eigenvalue weighted by Crippen LogP contribution is -2.32. The molecular formula is C43H34BrClN2O6. The molecule has 5 unspecified atom stereocenters. The van der Waals surface area contributed by atoms with Crippen LogP contribution in [0.1, 0.15) is 52.1 Å². The topological polar surface area (TPSA) is 103 Å². The van der Waals surface area contributed by atoms with Gasteiger partial charge in [0, 0.05) is 21.0 Å². The molecule has 1 saturated heterocycles. The molecule has 0 N–H and O–H groups in total. The van der Waals surface area contributed by atoms with Gasteiger partial charge < -0.3 is 9.47 Å². The van der Waals surface area contributed by atoms with Crippen molar-refractivity contribution in [1.82, 2.24) is 4.98 Å². The molecule has 53 heavy (non-hydrogen) atoms. The number of rotatable bonds is 9. The standard InChI is InChI=1S/C43H34BrClN2O6/c1-22-17-28-18-31(22)37-36(28)41(49)47(42(37)50)29-13-9-26(10-14-29)35-20-33(32-19-34(44)38(45)23(2)39(32)46-35)43(51)53-24(3)40(48)27-11-15-30(16-12-27)52-21-25-7-5-4-6-8-25/h4-17,19-20,24,28,31,36-37H,18,21H2,1-3H3. The smallest absolute Gasteiger partial charge is 0.339 e. The first-order valence-corrected chi connectivity index (χ1v) is 18.6.